The number of alkyl carbamates (subject to hydrolysis) is 1. The second-order valence-corrected chi connectivity index (χ2v) is 6.20. The fraction of sp³-hybridized carbons (Fsp3) is 0.933. The summed E-state index contributed by atoms with van der Waals surface area (Å²) in [6.07, 6.45) is 4.21. The fourth-order valence-electron chi connectivity index (χ4n) is 1.73. The maximum Gasteiger partial charge on any atom is 0.407 e. The fourth-order valence-corrected chi connectivity index (χ4v) is 1.73. The van der Waals surface area contributed by atoms with Crippen molar-refractivity contribution in [2.75, 3.05) is 6.54 Å². The molecule has 114 valence electrons. The van der Waals surface area contributed by atoms with Crippen molar-refractivity contribution in [3.8, 4) is 0 Å². The Morgan fingerprint density at radius 1 is 1.26 bits per heavy atom. The summed E-state index contributed by atoms with van der Waals surface area (Å²) < 4.78 is 5.26. The van der Waals surface area contributed by atoms with Gasteiger partial charge in [0.1, 0.15) is 5.60 Å². The third-order valence-corrected chi connectivity index (χ3v) is 2.92. The van der Waals surface area contributed by atoms with Gasteiger partial charge in [-0.2, -0.15) is 0 Å². The standard InChI is InChI=1S/C15H32N2O2/c1-7-9-10-12(3)16-11-13(8-2)17-14(18)19-15(4,5)6/h12-13,16H,7-11H2,1-6H3,(H,17,18). The summed E-state index contributed by atoms with van der Waals surface area (Å²) >= 11 is 0. The van der Waals surface area contributed by atoms with Crippen molar-refractivity contribution < 1.29 is 9.53 Å². The summed E-state index contributed by atoms with van der Waals surface area (Å²) in [5.41, 5.74) is -0.440. The van der Waals surface area contributed by atoms with E-state index < -0.39 is 5.60 Å². The Balaban J connectivity index is 3.97. The summed E-state index contributed by atoms with van der Waals surface area (Å²) in [6, 6.07) is 0.619. The van der Waals surface area contributed by atoms with Crippen LogP contribution in [0.25, 0.3) is 0 Å². The number of carbonyl (C=O) groups is 1. The molecule has 0 saturated heterocycles. The first kappa shape index (κ1) is 18.2. The molecule has 2 N–H and O–H groups in total. The van der Waals surface area contributed by atoms with E-state index in [0.29, 0.717) is 6.04 Å². The van der Waals surface area contributed by atoms with Crippen LogP contribution in [0, 0.1) is 0 Å². The van der Waals surface area contributed by atoms with Crippen LogP contribution in [-0.2, 0) is 4.74 Å². The van der Waals surface area contributed by atoms with E-state index >= 15 is 0 Å². The van der Waals surface area contributed by atoms with Crippen molar-refractivity contribution in [2.45, 2.75) is 84.9 Å². The molecule has 19 heavy (non-hydrogen) atoms. The molecule has 0 aromatic heterocycles. The average molecular weight is 272 g/mol. The van der Waals surface area contributed by atoms with Gasteiger partial charge in [0, 0.05) is 18.6 Å². The van der Waals surface area contributed by atoms with Crippen LogP contribution in [0.5, 0.6) is 0 Å². The lowest BCUT2D eigenvalue weighted by Gasteiger charge is -2.24. The van der Waals surface area contributed by atoms with Crippen molar-refractivity contribution in [3.05, 3.63) is 0 Å². The number of unbranched alkanes of at least 4 members (excludes halogenated alkanes) is 1. The molecule has 0 heterocycles. The number of hydrogen-bond donors (Lipinski definition) is 2. The molecule has 0 spiro atoms. The molecule has 4 nitrogen and oxygen atoms in total. The maximum absolute atomic E-state index is 11.7. The highest BCUT2D eigenvalue weighted by molar-refractivity contribution is 5.68. The van der Waals surface area contributed by atoms with Gasteiger partial charge in [0.15, 0.2) is 0 Å². The Hall–Kier alpha value is -0.770. The van der Waals surface area contributed by atoms with Gasteiger partial charge in [-0.05, 0) is 40.5 Å². The quantitative estimate of drug-likeness (QED) is 0.711. The van der Waals surface area contributed by atoms with Gasteiger partial charge in [-0.1, -0.05) is 26.7 Å². The molecule has 1 amide bonds. The van der Waals surface area contributed by atoms with E-state index in [0.717, 1.165) is 13.0 Å². The zero-order chi connectivity index (χ0) is 14.9. The Bertz CT molecular complexity index is 249. The lowest BCUT2D eigenvalue weighted by Crippen LogP contribution is -2.45. The van der Waals surface area contributed by atoms with Gasteiger partial charge >= 0.3 is 6.09 Å². The number of nitrogens with one attached hydrogen (secondary N) is 2. The van der Waals surface area contributed by atoms with Gasteiger partial charge < -0.3 is 15.4 Å². The van der Waals surface area contributed by atoms with Crippen LogP contribution in [0.2, 0.25) is 0 Å². The predicted octanol–water partition coefficient (Wildman–Crippen LogP) is 3.46. The molecule has 0 aromatic rings. The highest BCUT2D eigenvalue weighted by Gasteiger charge is 2.18. The van der Waals surface area contributed by atoms with Gasteiger partial charge in [0.25, 0.3) is 0 Å². The van der Waals surface area contributed by atoms with Crippen LogP contribution >= 0.6 is 0 Å². The van der Waals surface area contributed by atoms with Crippen molar-refractivity contribution in [1.29, 1.82) is 0 Å². The molecule has 0 radical (unpaired) electrons. The molecule has 0 rings (SSSR count). The number of rotatable bonds is 8. The first-order chi connectivity index (χ1) is 8.78. The molecule has 0 aliphatic heterocycles. The Kier molecular flexibility index (Phi) is 8.81. The molecule has 4 heteroatoms. The van der Waals surface area contributed by atoms with Gasteiger partial charge in [-0.3, -0.25) is 0 Å². The minimum atomic E-state index is -0.440. The Labute approximate surface area is 118 Å². The largest absolute Gasteiger partial charge is 0.444 e. The SMILES string of the molecule is CCCCC(C)NCC(CC)NC(=O)OC(C)(C)C. The van der Waals surface area contributed by atoms with E-state index in [1.807, 2.05) is 20.8 Å². The predicted molar refractivity (Wildman–Crippen MR) is 80.4 cm³/mol. The van der Waals surface area contributed by atoms with Crippen molar-refractivity contribution >= 4 is 6.09 Å². The summed E-state index contributed by atoms with van der Waals surface area (Å²) in [6.45, 7) is 12.9. The molecule has 2 atom stereocenters. The molecular weight excluding hydrogens is 240 g/mol. The summed E-state index contributed by atoms with van der Waals surface area (Å²) in [7, 11) is 0. The molecular formula is C15H32N2O2. The molecule has 0 aliphatic carbocycles. The number of ether oxygens (including phenoxy) is 1. The first-order valence-corrected chi connectivity index (χ1v) is 7.51. The Morgan fingerprint density at radius 3 is 2.37 bits per heavy atom. The van der Waals surface area contributed by atoms with Crippen molar-refractivity contribution in [2.24, 2.45) is 0 Å². The van der Waals surface area contributed by atoms with Gasteiger partial charge in [0.2, 0.25) is 0 Å². The van der Waals surface area contributed by atoms with Crippen LogP contribution in [0.15, 0.2) is 0 Å². The van der Waals surface area contributed by atoms with E-state index in [9.17, 15) is 4.79 Å². The van der Waals surface area contributed by atoms with Crippen LogP contribution < -0.4 is 10.6 Å². The normalized spacial score (nSPS) is 14.8. The van der Waals surface area contributed by atoms with Gasteiger partial charge in [-0.15, -0.1) is 0 Å². The van der Waals surface area contributed by atoms with Crippen LogP contribution in [0.1, 0.15) is 67.2 Å². The van der Waals surface area contributed by atoms with Crippen molar-refractivity contribution in [1.82, 2.24) is 10.6 Å². The van der Waals surface area contributed by atoms with Crippen LogP contribution in [0.3, 0.4) is 0 Å². The van der Waals surface area contributed by atoms with Crippen LogP contribution in [0.4, 0.5) is 4.79 Å². The van der Waals surface area contributed by atoms with Gasteiger partial charge in [-0.25, -0.2) is 4.79 Å². The summed E-state index contributed by atoms with van der Waals surface area (Å²) in [5, 5.41) is 6.38. The third kappa shape index (κ3) is 10.8. The van der Waals surface area contributed by atoms with Crippen molar-refractivity contribution in [3.63, 3.8) is 0 Å². The zero-order valence-corrected chi connectivity index (χ0v) is 13.5. The van der Waals surface area contributed by atoms with E-state index in [1.54, 1.807) is 0 Å². The Morgan fingerprint density at radius 2 is 1.89 bits per heavy atom. The smallest absolute Gasteiger partial charge is 0.407 e. The molecule has 0 aliphatic rings. The molecule has 0 saturated carbocycles. The lowest BCUT2D eigenvalue weighted by atomic mass is 10.1. The summed E-state index contributed by atoms with van der Waals surface area (Å²) in [4.78, 5) is 11.7. The first-order valence-electron chi connectivity index (χ1n) is 7.51. The van der Waals surface area contributed by atoms with E-state index in [-0.39, 0.29) is 12.1 Å². The minimum absolute atomic E-state index is 0.124. The van der Waals surface area contributed by atoms with E-state index in [1.165, 1.54) is 19.3 Å². The van der Waals surface area contributed by atoms with Gasteiger partial charge in [0.05, 0.1) is 0 Å². The third-order valence-electron chi connectivity index (χ3n) is 2.92. The molecule has 0 fully saturated rings. The lowest BCUT2D eigenvalue weighted by molar-refractivity contribution is 0.0502. The van der Waals surface area contributed by atoms with Crippen LogP contribution in [-0.4, -0.2) is 30.3 Å². The minimum Gasteiger partial charge on any atom is -0.444 e. The number of carbonyl (C=O) groups excluding carboxylic acids is 1. The number of hydrogen-bond acceptors (Lipinski definition) is 3. The molecule has 0 bridgehead atoms. The molecule has 0 aromatic carbocycles. The monoisotopic (exact) mass is 272 g/mol. The highest BCUT2D eigenvalue weighted by Crippen LogP contribution is 2.07. The second-order valence-electron chi connectivity index (χ2n) is 6.20. The average Bonchev–Trinajstić information content (AvgIpc) is 2.29. The highest BCUT2D eigenvalue weighted by atomic mass is 16.6. The van der Waals surface area contributed by atoms with E-state index in [4.69, 9.17) is 4.74 Å². The topological polar surface area (TPSA) is 50.4 Å². The maximum atomic E-state index is 11.7. The molecule has 2 unspecified atom stereocenters. The zero-order valence-electron chi connectivity index (χ0n) is 13.5. The number of amides is 1. The summed E-state index contributed by atoms with van der Waals surface area (Å²) in [5.74, 6) is 0. The second kappa shape index (κ2) is 9.18. The van der Waals surface area contributed by atoms with E-state index in [2.05, 4.69) is 31.4 Å².